The van der Waals surface area contributed by atoms with E-state index in [1.165, 1.54) is 5.57 Å². The molecule has 0 bridgehead atoms. The van der Waals surface area contributed by atoms with Gasteiger partial charge in [0.05, 0.1) is 12.5 Å². The Morgan fingerprint density at radius 1 is 1.37 bits per heavy atom. The maximum Gasteiger partial charge on any atom is 0.309 e. The van der Waals surface area contributed by atoms with E-state index in [-0.39, 0.29) is 12.8 Å². The summed E-state index contributed by atoms with van der Waals surface area (Å²) in [6.07, 6.45) is 4.39. The second kappa shape index (κ2) is 7.01. The molecule has 1 saturated carbocycles. The molecule has 0 aliphatic heterocycles. The Balaban J connectivity index is 2.07. The van der Waals surface area contributed by atoms with Gasteiger partial charge >= 0.3 is 5.97 Å². The number of carbonyl (C=O) groups excluding carboxylic acids is 1. The second-order valence-electron chi connectivity index (χ2n) is 5.88. The number of halogens is 2. The lowest BCUT2D eigenvalue weighted by Gasteiger charge is -2.32. The van der Waals surface area contributed by atoms with E-state index < -0.39 is 17.8 Å². The zero-order valence-electron chi connectivity index (χ0n) is 12.0. The highest BCUT2D eigenvalue weighted by Crippen LogP contribution is 2.42. The molecule has 0 radical (unpaired) electrons. The fourth-order valence-electron chi connectivity index (χ4n) is 2.11. The molecular weight excluding hydrogens is 250 g/mol. The number of esters is 1. The van der Waals surface area contributed by atoms with Crippen molar-refractivity contribution in [2.24, 2.45) is 11.8 Å². The lowest BCUT2D eigenvalue weighted by Crippen LogP contribution is -2.40. The molecule has 0 aromatic heterocycles. The predicted molar refractivity (Wildman–Crippen MR) is 71.1 cm³/mol. The molecule has 1 fully saturated rings. The standard InChI is InChI=1S/C15H24F2O2/c1-11(2)5-4-6-12(3)7-8-19-14(18)13-9-15(16,17)10-13/h5,12-13H,4,6-10H2,1-3H3. The Kier molecular flexibility index (Phi) is 5.95. The van der Waals surface area contributed by atoms with E-state index in [0.29, 0.717) is 12.5 Å². The van der Waals surface area contributed by atoms with Crippen LogP contribution in [0, 0.1) is 11.8 Å². The molecule has 1 rings (SSSR count). The minimum absolute atomic E-state index is 0.344. The monoisotopic (exact) mass is 274 g/mol. The predicted octanol–water partition coefficient (Wildman–Crippen LogP) is 4.35. The van der Waals surface area contributed by atoms with Crippen molar-refractivity contribution in [1.82, 2.24) is 0 Å². The van der Waals surface area contributed by atoms with Crippen LogP contribution < -0.4 is 0 Å². The molecule has 0 spiro atoms. The molecule has 1 unspecified atom stereocenters. The zero-order valence-corrected chi connectivity index (χ0v) is 12.0. The number of hydrogen-bond acceptors (Lipinski definition) is 2. The van der Waals surface area contributed by atoms with Crippen LogP contribution in [-0.4, -0.2) is 18.5 Å². The van der Waals surface area contributed by atoms with Crippen LogP contribution in [0.3, 0.4) is 0 Å². The smallest absolute Gasteiger partial charge is 0.309 e. The lowest BCUT2D eigenvalue weighted by molar-refractivity contribution is -0.172. The summed E-state index contributed by atoms with van der Waals surface area (Å²) in [6, 6.07) is 0. The first kappa shape index (κ1) is 16.1. The van der Waals surface area contributed by atoms with Crippen molar-refractivity contribution in [3.8, 4) is 0 Å². The van der Waals surface area contributed by atoms with Crippen LogP contribution in [0.4, 0.5) is 8.78 Å². The fourth-order valence-corrected chi connectivity index (χ4v) is 2.11. The molecule has 0 amide bonds. The van der Waals surface area contributed by atoms with E-state index >= 15 is 0 Å². The SMILES string of the molecule is CC(C)=CCCC(C)CCOC(=O)C1CC(F)(F)C1. The van der Waals surface area contributed by atoms with Gasteiger partial charge in [-0.1, -0.05) is 18.6 Å². The first-order valence-corrected chi connectivity index (χ1v) is 6.98. The van der Waals surface area contributed by atoms with Gasteiger partial charge in [-0.3, -0.25) is 4.79 Å². The maximum atomic E-state index is 12.6. The Morgan fingerprint density at radius 3 is 2.53 bits per heavy atom. The molecule has 0 saturated heterocycles. The van der Waals surface area contributed by atoms with Gasteiger partial charge in [0.1, 0.15) is 0 Å². The molecule has 19 heavy (non-hydrogen) atoms. The minimum Gasteiger partial charge on any atom is -0.465 e. The molecule has 110 valence electrons. The first-order chi connectivity index (χ1) is 8.80. The van der Waals surface area contributed by atoms with Gasteiger partial charge in [-0.15, -0.1) is 0 Å². The van der Waals surface area contributed by atoms with Gasteiger partial charge in [-0.25, -0.2) is 8.78 Å². The molecule has 1 aliphatic carbocycles. The van der Waals surface area contributed by atoms with Crippen LogP contribution in [0.2, 0.25) is 0 Å². The largest absolute Gasteiger partial charge is 0.465 e. The third-order valence-corrected chi connectivity index (χ3v) is 3.49. The molecule has 1 atom stereocenters. The summed E-state index contributed by atoms with van der Waals surface area (Å²) in [4.78, 5) is 11.4. The normalized spacial score (nSPS) is 19.4. The van der Waals surface area contributed by atoms with Crippen molar-refractivity contribution in [2.75, 3.05) is 6.61 Å². The van der Waals surface area contributed by atoms with Crippen LogP contribution in [-0.2, 0) is 9.53 Å². The quantitative estimate of drug-likeness (QED) is 0.509. The Hall–Kier alpha value is -0.930. The topological polar surface area (TPSA) is 26.3 Å². The van der Waals surface area contributed by atoms with Gasteiger partial charge in [-0.2, -0.15) is 0 Å². The zero-order chi connectivity index (χ0) is 14.5. The van der Waals surface area contributed by atoms with Crippen molar-refractivity contribution in [3.05, 3.63) is 11.6 Å². The van der Waals surface area contributed by atoms with Gasteiger partial charge in [0.2, 0.25) is 5.92 Å². The van der Waals surface area contributed by atoms with Gasteiger partial charge in [0.25, 0.3) is 0 Å². The molecule has 0 N–H and O–H groups in total. The van der Waals surface area contributed by atoms with Gasteiger partial charge in [0.15, 0.2) is 0 Å². The molecule has 2 nitrogen and oxygen atoms in total. The van der Waals surface area contributed by atoms with Crippen LogP contribution in [0.15, 0.2) is 11.6 Å². The van der Waals surface area contributed by atoms with E-state index in [2.05, 4.69) is 26.8 Å². The fraction of sp³-hybridized carbons (Fsp3) is 0.800. The number of hydrogen-bond donors (Lipinski definition) is 0. The highest BCUT2D eigenvalue weighted by molar-refractivity contribution is 5.73. The summed E-state index contributed by atoms with van der Waals surface area (Å²) in [7, 11) is 0. The first-order valence-electron chi connectivity index (χ1n) is 6.98. The third kappa shape index (κ3) is 6.17. The van der Waals surface area contributed by atoms with Crippen molar-refractivity contribution in [1.29, 1.82) is 0 Å². The van der Waals surface area contributed by atoms with E-state index in [1.54, 1.807) is 0 Å². The van der Waals surface area contributed by atoms with Crippen molar-refractivity contribution >= 4 is 5.97 Å². The summed E-state index contributed by atoms with van der Waals surface area (Å²) in [5, 5.41) is 0. The molecule has 0 heterocycles. The maximum absolute atomic E-state index is 12.6. The number of carbonyl (C=O) groups is 1. The highest BCUT2D eigenvalue weighted by atomic mass is 19.3. The summed E-state index contributed by atoms with van der Waals surface area (Å²) in [5.41, 5.74) is 1.31. The summed E-state index contributed by atoms with van der Waals surface area (Å²) in [6.45, 7) is 6.60. The van der Waals surface area contributed by atoms with E-state index in [4.69, 9.17) is 4.74 Å². The van der Waals surface area contributed by atoms with Crippen molar-refractivity contribution in [2.45, 2.75) is 58.8 Å². The molecular formula is C15H24F2O2. The number of rotatable bonds is 7. The van der Waals surface area contributed by atoms with Gasteiger partial charge in [0, 0.05) is 12.8 Å². The Bertz CT molecular complexity index is 325. The van der Waals surface area contributed by atoms with Crippen molar-refractivity contribution in [3.63, 3.8) is 0 Å². The van der Waals surface area contributed by atoms with Gasteiger partial charge < -0.3 is 4.74 Å². The molecule has 4 heteroatoms. The summed E-state index contributed by atoms with van der Waals surface area (Å²) < 4.78 is 30.2. The average molecular weight is 274 g/mol. The number of allylic oxidation sites excluding steroid dienone is 2. The van der Waals surface area contributed by atoms with Gasteiger partial charge in [-0.05, 0) is 39.0 Å². The molecule has 0 aromatic carbocycles. The van der Waals surface area contributed by atoms with Crippen LogP contribution in [0.5, 0.6) is 0 Å². The summed E-state index contributed by atoms with van der Waals surface area (Å²) >= 11 is 0. The number of ether oxygens (including phenoxy) is 1. The third-order valence-electron chi connectivity index (χ3n) is 3.49. The van der Waals surface area contributed by atoms with E-state index in [0.717, 1.165) is 19.3 Å². The van der Waals surface area contributed by atoms with E-state index in [1.807, 2.05) is 0 Å². The highest BCUT2D eigenvalue weighted by Gasteiger charge is 2.49. The van der Waals surface area contributed by atoms with Crippen LogP contribution in [0.25, 0.3) is 0 Å². The second-order valence-corrected chi connectivity index (χ2v) is 5.88. The Labute approximate surface area is 114 Å². The Morgan fingerprint density at radius 2 is 2.00 bits per heavy atom. The number of alkyl halides is 2. The minimum atomic E-state index is -2.65. The van der Waals surface area contributed by atoms with Crippen molar-refractivity contribution < 1.29 is 18.3 Å². The molecule has 0 aromatic rings. The van der Waals surface area contributed by atoms with Crippen LogP contribution in [0.1, 0.15) is 52.9 Å². The summed E-state index contributed by atoms with van der Waals surface area (Å²) in [5.74, 6) is -3.22. The average Bonchev–Trinajstić information content (AvgIpc) is 2.25. The van der Waals surface area contributed by atoms with E-state index in [9.17, 15) is 13.6 Å². The molecule has 1 aliphatic rings. The lowest BCUT2D eigenvalue weighted by atomic mass is 9.81. The van der Waals surface area contributed by atoms with Crippen LogP contribution >= 0.6 is 0 Å².